The summed E-state index contributed by atoms with van der Waals surface area (Å²) in [5, 5.41) is 16.6. The summed E-state index contributed by atoms with van der Waals surface area (Å²) in [6.45, 7) is 10.4. The van der Waals surface area contributed by atoms with Crippen LogP contribution in [0.15, 0.2) is 49.4 Å². The highest BCUT2D eigenvalue weighted by Crippen LogP contribution is 2.31. The minimum Gasteiger partial charge on any atom is -0.490 e. The van der Waals surface area contributed by atoms with Crippen LogP contribution in [0.4, 0.5) is 5.82 Å². The highest BCUT2D eigenvalue weighted by molar-refractivity contribution is 5.85. The number of carbonyl (C=O) groups is 2. The summed E-state index contributed by atoms with van der Waals surface area (Å²) in [6.07, 6.45) is 6.68. The van der Waals surface area contributed by atoms with Gasteiger partial charge in [0.25, 0.3) is 0 Å². The van der Waals surface area contributed by atoms with Crippen molar-refractivity contribution in [2.24, 2.45) is 5.92 Å². The van der Waals surface area contributed by atoms with E-state index in [4.69, 9.17) is 4.74 Å². The molecule has 3 aromatic rings. The minimum absolute atomic E-state index is 0.102. The fraction of sp³-hybridized carbons (Fsp3) is 0.346. The maximum atomic E-state index is 12.4. The zero-order chi connectivity index (χ0) is 25.7. The van der Waals surface area contributed by atoms with Gasteiger partial charge in [0.05, 0.1) is 35.9 Å². The van der Waals surface area contributed by atoms with Crippen molar-refractivity contribution in [3.05, 3.63) is 55.0 Å². The zero-order valence-corrected chi connectivity index (χ0v) is 20.5. The van der Waals surface area contributed by atoms with Gasteiger partial charge >= 0.3 is 0 Å². The molecule has 0 radical (unpaired) electrons. The summed E-state index contributed by atoms with van der Waals surface area (Å²) in [5.74, 6) is 1.19. The van der Waals surface area contributed by atoms with Crippen LogP contribution >= 0.6 is 0 Å². The highest BCUT2D eigenvalue weighted by Gasteiger charge is 2.24. The number of pyridine rings is 2. The van der Waals surface area contributed by atoms with Gasteiger partial charge in [-0.2, -0.15) is 10.4 Å². The van der Waals surface area contributed by atoms with E-state index < -0.39 is 0 Å². The average molecular weight is 488 g/mol. The van der Waals surface area contributed by atoms with Gasteiger partial charge in [0.15, 0.2) is 0 Å². The van der Waals surface area contributed by atoms with Crippen molar-refractivity contribution in [3.8, 4) is 22.9 Å². The van der Waals surface area contributed by atoms with Gasteiger partial charge < -0.3 is 19.9 Å². The second-order valence-corrected chi connectivity index (χ2v) is 8.63. The molecule has 1 atom stereocenters. The number of aromatic nitrogens is 3. The maximum absolute atomic E-state index is 12.4. The lowest BCUT2D eigenvalue weighted by Crippen LogP contribution is -2.50. The van der Waals surface area contributed by atoms with Crippen molar-refractivity contribution >= 4 is 23.1 Å². The Hall–Kier alpha value is -4.39. The van der Waals surface area contributed by atoms with Gasteiger partial charge in [0.2, 0.25) is 11.8 Å². The van der Waals surface area contributed by atoms with Crippen LogP contribution < -0.4 is 15.0 Å². The molecule has 3 aromatic heterocycles. The van der Waals surface area contributed by atoms with Crippen LogP contribution in [0.1, 0.15) is 19.4 Å². The van der Waals surface area contributed by atoms with Crippen LogP contribution in [0, 0.1) is 17.2 Å². The number of hydrogen-bond acceptors (Lipinski definition) is 7. The van der Waals surface area contributed by atoms with Crippen molar-refractivity contribution < 1.29 is 14.3 Å². The van der Waals surface area contributed by atoms with Crippen molar-refractivity contribution in [1.82, 2.24) is 24.8 Å². The van der Waals surface area contributed by atoms with Crippen LogP contribution in [0.2, 0.25) is 0 Å². The molecule has 36 heavy (non-hydrogen) atoms. The fourth-order valence-corrected chi connectivity index (χ4v) is 4.15. The summed E-state index contributed by atoms with van der Waals surface area (Å²) in [6, 6.07) is 7.96. The molecular formula is C26H29N7O3. The van der Waals surface area contributed by atoms with Crippen molar-refractivity contribution in [3.63, 3.8) is 0 Å². The van der Waals surface area contributed by atoms with Crippen molar-refractivity contribution in [2.45, 2.75) is 13.8 Å². The smallest absolute Gasteiger partial charge is 0.229 e. The van der Waals surface area contributed by atoms with Crippen molar-refractivity contribution in [2.75, 3.05) is 44.2 Å². The first-order valence-corrected chi connectivity index (χ1v) is 11.8. The van der Waals surface area contributed by atoms with E-state index in [9.17, 15) is 14.9 Å². The number of rotatable bonds is 8. The molecule has 1 saturated heterocycles. The van der Waals surface area contributed by atoms with Crippen LogP contribution in [-0.2, 0) is 9.59 Å². The van der Waals surface area contributed by atoms with Gasteiger partial charge in [-0.1, -0.05) is 13.0 Å². The molecule has 0 saturated carbocycles. The molecule has 1 aliphatic rings. The van der Waals surface area contributed by atoms with Gasteiger partial charge in [-0.05, 0) is 18.2 Å². The SMILES string of the molecule is C=CC(C)C(=O)N1CCN(c2ccc(-c3cc(OCCNC(C)=O)cn4ncc(C#N)c34)cn2)CC1. The summed E-state index contributed by atoms with van der Waals surface area (Å²) < 4.78 is 7.44. The summed E-state index contributed by atoms with van der Waals surface area (Å²) >= 11 is 0. The van der Waals surface area contributed by atoms with Crippen LogP contribution in [0.3, 0.4) is 0 Å². The highest BCUT2D eigenvalue weighted by atomic mass is 16.5. The Morgan fingerprint density at radius 1 is 1.28 bits per heavy atom. The van der Waals surface area contributed by atoms with E-state index in [-0.39, 0.29) is 17.7 Å². The topological polar surface area (TPSA) is 116 Å². The molecule has 0 bridgehead atoms. The normalized spacial score (nSPS) is 14.2. The van der Waals surface area contributed by atoms with Crippen LogP contribution in [0.25, 0.3) is 16.6 Å². The van der Waals surface area contributed by atoms with Crippen LogP contribution in [-0.4, -0.2) is 70.6 Å². The lowest BCUT2D eigenvalue weighted by molar-refractivity contribution is -0.133. The number of nitriles is 1. The van der Waals surface area contributed by atoms with E-state index in [1.807, 2.05) is 30.0 Å². The predicted molar refractivity (Wildman–Crippen MR) is 135 cm³/mol. The Bertz CT molecular complexity index is 1300. The monoisotopic (exact) mass is 487 g/mol. The maximum Gasteiger partial charge on any atom is 0.229 e. The molecule has 4 rings (SSSR count). The number of ether oxygens (including phenoxy) is 1. The summed E-state index contributed by atoms with van der Waals surface area (Å²) in [5.41, 5.74) is 2.72. The van der Waals surface area contributed by atoms with E-state index in [1.54, 1.807) is 23.0 Å². The zero-order valence-electron chi connectivity index (χ0n) is 20.5. The molecule has 1 aliphatic heterocycles. The molecule has 4 heterocycles. The second kappa shape index (κ2) is 10.9. The molecule has 2 amide bonds. The summed E-state index contributed by atoms with van der Waals surface area (Å²) in [7, 11) is 0. The average Bonchev–Trinajstić information content (AvgIpc) is 3.33. The number of carbonyl (C=O) groups excluding carboxylic acids is 2. The fourth-order valence-electron chi connectivity index (χ4n) is 4.15. The number of hydrogen-bond donors (Lipinski definition) is 1. The molecule has 1 N–H and O–H groups in total. The molecule has 10 heteroatoms. The number of nitrogens with zero attached hydrogens (tertiary/aromatic N) is 6. The van der Waals surface area contributed by atoms with E-state index in [2.05, 4.69) is 32.9 Å². The second-order valence-electron chi connectivity index (χ2n) is 8.63. The third-order valence-corrected chi connectivity index (χ3v) is 6.17. The number of anilines is 1. The summed E-state index contributed by atoms with van der Waals surface area (Å²) in [4.78, 5) is 32.2. The van der Waals surface area contributed by atoms with E-state index in [1.165, 1.54) is 13.1 Å². The molecule has 0 aliphatic carbocycles. The molecular weight excluding hydrogens is 458 g/mol. The Morgan fingerprint density at radius 2 is 2.06 bits per heavy atom. The van der Waals surface area contributed by atoms with E-state index >= 15 is 0 Å². The third-order valence-electron chi connectivity index (χ3n) is 6.17. The first kappa shape index (κ1) is 24.7. The lowest BCUT2D eigenvalue weighted by atomic mass is 10.1. The van der Waals surface area contributed by atoms with Gasteiger partial charge in [0, 0.05) is 50.4 Å². The Kier molecular flexibility index (Phi) is 7.49. The Morgan fingerprint density at radius 3 is 2.69 bits per heavy atom. The Balaban J connectivity index is 1.53. The molecule has 0 spiro atoms. The van der Waals surface area contributed by atoms with Crippen molar-refractivity contribution in [1.29, 1.82) is 5.26 Å². The molecule has 1 unspecified atom stereocenters. The van der Waals surface area contributed by atoms with Gasteiger partial charge in [-0.15, -0.1) is 6.58 Å². The van der Waals surface area contributed by atoms with Crippen LogP contribution in [0.5, 0.6) is 5.75 Å². The number of piperazine rings is 1. The van der Waals surface area contributed by atoms with E-state index in [0.29, 0.717) is 56.2 Å². The van der Waals surface area contributed by atoms with Gasteiger partial charge in [-0.3, -0.25) is 9.59 Å². The molecule has 10 nitrogen and oxygen atoms in total. The van der Waals surface area contributed by atoms with Gasteiger partial charge in [-0.25, -0.2) is 9.50 Å². The lowest BCUT2D eigenvalue weighted by Gasteiger charge is -2.36. The third kappa shape index (κ3) is 5.30. The number of amides is 2. The first-order valence-electron chi connectivity index (χ1n) is 11.8. The minimum atomic E-state index is -0.183. The molecule has 186 valence electrons. The first-order chi connectivity index (χ1) is 17.4. The molecule has 0 aromatic carbocycles. The standard InChI is InChI=1S/C26H29N7O3/c1-4-18(2)26(35)32-10-8-31(9-11-32)24-6-5-20(15-29-24)23-13-22(36-12-7-28-19(3)34)17-33-25(23)21(14-27)16-30-33/h4-6,13,15-18H,1,7-12H2,2-3H3,(H,28,34). The number of fused-ring (bicyclic) bond motifs is 1. The molecule has 1 fully saturated rings. The number of nitrogens with one attached hydrogen (secondary N) is 1. The largest absolute Gasteiger partial charge is 0.490 e. The van der Waals surface area contributed by atoms with E-state index in [0.717, 1.165) is 16.9 Å². The Labute approximate surface area is 209 Å². The van der Waals surface area contributed by atoms with Gasteiger partial charge in [0.1, 0.15) is 24.2 Å². The quantitative estimate of drug-likeness (QED) is 0.383. The predicted octanol–water partition coefficient (Wildman–Crippen LogP) is 2.25.